The number of benzene rings is 1. The van der Waals surface area contributed by atoms with Crippen LogP contribution < -0.4 is 10.3 Å². The summed E-state index contributed by atoms with van der Waals surface area (Å²) in [6.45, 7) is 3.83. The number of aromatic nitrogens is 1. The van der Waals surface area contributed by atoms with Crippen molar-refractivity contribution < 1.29 is 14.4 Å². The molecule has 6 heteroatoms. The van der Waals surface area contributed by atoms with Crippen LogP contribution in [-0.4, -0.2) is 22.4 Å². The highest BCUT2D eigenvalue weighted by molar-refractivity contribution is 6.22. The van der Waals surface area contributed by atoms with Gasteiger partial charge in [0.2, 0.25) is 11.8 Å². The SMILES string of the molecule is Cc1ccc(C)n1NC(=O)c1ccc(N2C(=O)[C@H]3[C@H](C2=O)[C@H]2C=C[C@H]3C2)cc1. The van der Waals surface area contributed by atoms with Crippen LogP contribution in [0.2, 0.25) is 0 Å². The molecule has 2 aromatic rings. The van der Waals surface area contributed by atoms with Crippen molar-refractivity contribution in [3.05, 3.63) is 65.5 Å². The lowest BCUT2D eigenvalue weighted by atomic mass is 9.85. The van der Waals surface area contributed by atoms with Gasteiger partial charge in [0, 0.05) is 17.0 Å². The topological polar surface area (TPSA) is 71.4 Å². The fourth-order valence-electron chi connectivity index (χ4n) is 4.93. The molecule has 1 aliphatic heterocycles. The number of nitrogens with one attached hydrogen (secondary N) is 1. The average Bonchev–Trinajstić information content (AvgIpc) is 3.43. The minimum Gasteiger partial charge on any atom is -0.274 e. The first kappa shape index (κ1) is 17.0. The summed E-state index contributed by atoms with van der Waals surface area (Å²) in [5.74, 6) is -0.517. The van der Waals surface area contributed by atoms with Gasteiger partial charge in [0.05, 0.1) is 17.5 Å². The zero-order valence-electron chi connectivity index (χ0n) is 15.8. The van der Waals surface area contributed by atoms with Gasteiger partial charge < -0.3 is 0 Å². The summed E-state index contributed by atoms with van der Waals surface area (Å²) in [6, 6.07) is 10.5. The van der Waals surface area contributed by atoms with Gasteiger partial charge in [-0.15, -0.1) is 0 Å². The number of carbonyl (C=O) groups is 3. The van der Waals surface area contributed by atoms with Gasteiger partial charge in [0.1, 0.15) is 0 Å². The van der Waals surface area contributed by atoms with E-state index in [1.165, 1.54) is 4.90 Å². The molecule has 6 nitrogen and oxygen atoms in total. The predicted octanol–water partition coefficient (Wildman–Crippen LogP) is 2.80. The molecule has 28 heavy (non-hydrogen) atoms. The number of rotatable bonds is 3. The Hall–Kier alpha value is -3.15. The Morgan fingerprint density at radius 1 is 0.893 bits per heavy atom. The van der Waals surface area contributed by atoms with Crippen LogP contribution >= 0.6 is 0 Å². The van der Waals surface area contributed by atoms with Gasteiger partial charge in [0.15, 0.2) is 0 Å². The zero-order valence-corrected chi connectivity index (χ0v) is 15.8. The summed E-state index contributed by atoms with van der Waals surface area (Å²) < 4.78 is 1.73. The molecule has 1 N–H and O–H groups in total. The molecular weight excluding hydrogens is 354 g/mol. The van der Waals surface area contributed by atoms with Crippen molar-refractivity contribution in [2.24, 2.45) is 23.7 Å². The van der Waals surface area contributed by atoms with E-state index in [1.807, 2.05) is 26.0 Å². The largest absolute Gasteiger partial charge is 0.274 e. The number of carbonyl (C=O) groups excluding carboxylic acids is 3. The fraction of sp³-hybridized carbons (Fsp3) is 0.318. The number of hydrogen-bond acceptors (Lipinski definition) is 3. The van der Waals surface area contributed by atoms with Crippen LogP contribution in [0.15, 0.2) is 48.6 Å². The smallest absolute Gasteiger partial charge is 0.270 e. The highest BCUT2D eigenvalue weighted by Crippen LogP contribution is 2.53. The molecule has 3 aliphatic rings. The zero-order chi connectivity index (χ0) is 19.6. The maximum absolute atomic E-state index is 12.9. The summed E-state index contributed by atoms with van der Waals surface area (Å²) >= 11 is 0. The number of fused-ring (bicyclic) bond motifs is 5. The molecule has 2 heterocycles. The van der Waals surface area contributed by atoms with E-state index in [9.17, 15) is 14.4 Å². The Kier molecular flexibility index (Phi) is 3.59. The first-order valence-corrected chi connectivity index (χ1v) is 9.58. The van der Waals surface area contributed by atoms with E-state index in [-0.39, 0.29) is 41.4 Å². The summed E-state index contributed by atoms with van der Waals surface area (Å²) in [7, 11) is 0. The van der Waals surface area contributed by atoms with Crippen molar-refractivity contribution in [3.63, 3.8) is 0 Å². The molecule has 0 unspecified atom stereocenters. The molecule has 1 saturated carbocycles. The van der Waals surface area contributed by atoms with Crippen LogP contribution in [-0.2, 0) is 9.59 Å². The lowest BCUT2D eigenvalue weighted by Crippen LogP contribution is -2.33. The van der Waals surface area contributed by atoms with Crippen LogP contribution in [0.5, 0.6) is 0 Å². The van der Waals surface area contributed by atoms with Gasteiger partial charge in [-0.1, -0.05) is 12.2 Å². The normalized spacial score (nSPS) is 27.6. The number of nitrogens with zero attached hydrogens (tertiary/aromatic N) is 2. The molecule has 5 rings (SSSR count). The van der Waals surface area contributed by atoms with Gasteiger partial charge in [-0.2, -0.15) is 0 Å². The first-order chi connectivity index (χ1) is 13.5. The lowest BCUT2D eigenvalue weighted by molar-refractivity contribution is -0.123. The average molecular weight is 375 g/mol. The van der Waals surface area contributed by atoms with Crippen LogP contribution in [0.25, 0.3) is 0 Å². The molecule has 3 amide bonds. The summed E-state index contributed by atoms with van der Waals surface area (Å²) in [6.07, 6.45) is 5.08. The summed E-state index contributed by atoms with van der Waals surface area (Å²) in [5.41, 5.74) is 5.73. The van der Waals surface area contributed by atoms with E-state index in [2.05, 4.69) is 17.6 Å². The van der Waals surface area contributed by atoms with E-state index >= 15 is 0 Å². The lowest BCUT2D eigenvalue weighted by Gasteiger charge is -2.18. The van der Waals surface area contributed by atoms with Crippen molar-refractivity contribution >= 4 is 23.4 Å². The van der Waals surface area contributed by atoms with E-state index in [0.717, 1.165) is 17.8 Å². The standard InChI is InChI=1S/C22H21N3O3/c1-12-3-4-13(2)25(12)23-20(26)14-7-9-17(10-8-14)24-21(27)18-15-5-6-16(11-15)19(18)22(24)28/h3-10,15-16,18-19H,11H2,1-2H3,(H,23,26)/t15-,16-,18+,19+/m0/s1. The Morgan fingerprint density at radius 3 is 1.96 bits per heavy atom. The Bertz CT molecular complexity index is 984. The van der Waals surface area contributed by atoms with Gasteiger partial charge in [-0.3, -0.25) is 29.4 Å². The van der Waals surface area contributed by atoms with E-state index in [0.29, 0.717) is 11.3 Å². The number of aryl methyl sites for hydroxylation is 2. The van der Waals surface area contributed by atoms with Gasteiger partial charge in [-0.25, -0.2) is 0 Å². The first-order valence-electron chi connectivity index (χ1n) is 9.58. The van der Waals surface area contributed by atoms with Gasteiger partial charge in [0.25, 0.3) is 5.91 Å². The van der Waals surface area contributed by atoms with Crippen LogP contribution in [0, 0.1) is 37.5 Å². The number of amides is 3. The maximum Gasteiger partial charge on any atom is 0.270 e. The Morgan fingerprint density at radius 2 is 1.43 bits per heavy atom. The number of hydrogen-bond donors (Lipinski definition) is 1. The monoisotopic (exact) mass is 375 g/mol. The third-order valence-corrected chi connectivity index (χ3v) is 6.34. The highest BCUT2D eigenvalue weighted by atomic mass is 16.2. The molecule has 1 saturated heterocycles. The Balaban J connectivity index is 1.37. The highest BCUT2D eigenvalue weighted by Gasteiger charge is 2.59. The van der Waals surface area contributed by atoms with Crippen molar-refractivity contribution in [2.45, 2.75) is 20.3 Å². The van der Waals surface area contributed by atoms with Gasteiger partial charge >= 0.3 is 0 Å². The fourth-order valence-corrected chi connectivity index (χ4v) is 4.93. The van der Waals surface area contributed by atoms with Gasteiger partial charge in [-0.05, 0) is 68.5 Å². The third kappa shape index (κ3) is 2.30. The van der Waals surface area contributed by atoms with Crippen molar-refractivity contribution in [3.8, 4) is 0 Å². The molecular formula is C22H21N3O3. The maximum atomic E-state index is 12.9. The third-order valence-electron chi connectivity index (χ3n) is 6.34. The second-order valence-corrected chi connectivity index (χ2v) is 7.95. The van der Waals surface area contributed by atoms with Crippen molar-refractivity contribution in [1.29, 1.82) is 0 Å². The molecule has 1 aromatic heterocycles. The van der Waals surface area contributed by atoms with E-state index in [1.54, 1.807) is 28.9 Å². The molecule has 1 aromatic carbocycles. The molecule has 0 radical (unpaired) electrons. The summed E-state index contributed by atoms with van der Waals surface area (Å²) in [5, 5.41) is 0. The van der Waals surface area contributed by atoms with E-state index in [4.69, 9.17) is 0 Å². The molecule has 2 bridgehead atoms. The summed E-state index contributed by atoms with van der Waals surface area (Å²) in [4.78, 5) is 39.6. The molecule has 2 aliphatic carbocycles. The second kappa shape index (κ2) is 5.92. The number of imide groups is 1. The molecule has 2 fully saturated rings. The van der Waals surface area contributed by atoms with E-state index < -0.39 is 0 Å². The predicted molar refractivity (Wildman–Crippen MR) is 104 cm³/mol. The number of anilines is 1. The van der Waals surface area contributed by atoms with Crippen molar-refractivity contribution in [2.75, 3.05) is 10.3 Å². The molecule has 142 valence electrons. The molecule has 0 spiro atoms. The Labute approximate surface area is 162 Å². The quantitative estimate of drug-likeness (QED) is 0.662. The minimum atomic E-state index is -0.243. The minimum absolute atomic E-state index is 0.109. The van der Waals surface area contributed by atoms with Crippen molar-refractivity contribution in [1.82, 2.24) is 4.68 Å². The second-order valence-electron chi connectivity index (χ2n) is 7.95. The van der Waals surface area contributed by atoms with Crippen LogP contribution in [0.1, 0.15) is 28.2 Å². The number of allylic oxidation sites excluding steroid dienone is 2. The van der Waals surface area contributed by atoms with Crippen LogP contribution in [0.4, 0.5) is 5.69 Å². The molecule has 4 atom stereocenters. The van der Waals surface area contributed by atoms with Crippen LogP contribution in [0.3, 0.4) is 0 Å².